The quantitative estimate of drug-likeness (QED) is 0.763. The Balaban J connectivity index is 1.96. The molecule has 1 heterocycles. The maximum atomic E-state index is 12.7. The van der Waals surface area contributed by atoms with Gasteiger partial charge in [-0.15, -0.1) is 0 Å². The largest absolute Gasteiger partial charge is 0.355 e. The highest BCUT2D eigenvalue weighted by Crippen LogP contribution is 2.20. The molecule has 0 spiro atoms. The standard InChI is InChI=1S/C16H24BrN3O3S/c1-3-8-18-16(21)13(2)19-9-11-20(12-10-19)24(22,23)15-6-4-14(17)5-7-15/h4-7,13H,3,8-12H2,1-2H3,(H,18,21)/t13-/m0/s1. The number of piperazine rings is 1. The number of nitrogens with one attached hydrogen (secondary N) is 1. The van der Waals surface area contributed by atoms with Crippen molar-refractivity contribution in [2.75, 3.05) is 32.7 Å². The average Bonchev–Trinajstić information content (AvgIpc) is 2.59. The van der Waals surface area contributed by atoms with Crippen LogP contribution in [0.3, 0.4) is 0 Å². The Morgan fingerprint density at radius 2 is 1.79 bits per heavy atom. The van der Waals surface area contributed by atoms with Crippen molar-refractivity contribution in [1.82, 2.24) is 14.5 Å². The molecule has 0 bridgehead atoms. The van der Waals surface area contributed by atoms with E-state index < -0.39 is 10.0 Å². The number of halogens is 1. The molecule has 1 aromatic carbocycles. The summed E-state index contributed by atoms with van der Waals surface area (Å²) in [6, 6.07) is 6.42. The van der Waals surface area contributed by atoms with E-state index in [0.29, 0.717) is 37.6 Å². The van der Waals surface area contributed by atoms with E-state index in [4.69, 9.17) is 0 Å². The van der Waals surface area contributed by atoms with Gasteiger partial charge in [-0.25, -0.2) is 8.42 Å². The van der Waals surface area contributed by atoms with Crippen molar-refractivity contribution in [3.63, 3.8) is 0 Å². The molecule has 1 fully saturated rings. The Bertz CT molecular complexity index is 656. The van der Waals surface area contributed by atoms with Crippen molar-refractivity contribution < 1.29 is 13.2 Å². The fraction of sp³-hybridized carbons (Fsp3) is 0.562. The van der Waals surface area contributed by atoms with E-state index in [0.717, 1.165) is 10.9 Å². The smallest absolute Gasteiger partial charge is 0.243 e. The number of benzene rings is 1. The van der Waals surface area contributed by atoms with Crippen LogP contribution in [0.1, 0.15) is 20.3 Å². The van der Waals surface area contributed by atoms with Crippen LogP contribution in [0.15, 0.2) is 33.6 Å². The average molecular weight is 418 g/mol. The highest BCUT2D eigenvalue weighted by Gasteiger charge is 2.31. The summed E-state index contributed by atoms with van der Waals surface area (Å²) < 4.78 is 27.7. The molecule has 1 N–H and O–H groups in total. The van der Waals surface area contributed by atoms with Crippen molar-refractivity contribution in [3.05, 3.63) is 28.7 Å². The Morgan fingerprint density at radius 3 is 2.33 bits per heavy atom. The van der Waals surface area contributed by atoms with Crippen molar-refractivity contribution in [3.8, 4) is 0 Å². The van der Waals surface area contributed by atoms with Gasteiger partial charge in [0.25, 0.3) is 0 Å². The molecule has 1 aliphatic heterocycles. The summed E-state index contributed by atoms with van der Waals surface area (Å²) in [5, 5.41) is 2.89. The van der Waals surface area contributed by atoms with Crippen LogP contribution in [-0.2, 0) is 14.8 Å². The first-order chi connectivity index (χ1) is 11.4. The molecule has 1 aliphatic rings. The number of rotatable bonds is 6. The normalized spacial score (nSPS) is 18.3. The number of nitrogens with zero attached hydrogens (tertiary/aromatic N) is 2. The molecule has 8 heteroatoms. The van der Waals surface area contributed by atoms with Crippen molar-refractivity contribution in [2.24, 2.45) is 0 Å². The zero-order chi connectivity index (χ0) is 17.7. The number of carbonyl (C=O) groups is 1. The van der Waals surface area contributed by atoms with Gasteiger partial charge in [0.1, 0.15) is 0 Å². The fourth-order valence-corrected chi connectivity index (χ4v) is 4.34. The molecular weight excluding hydrogens is 394 g/mol. The molecule has 0 aliphatic carbocycles. The topological polar surface area (TPSA) is 69.7 Å². The van der Waals surface area contributed by atoms with Gasteiger partial charge in [0.15, 0.2) is 0 Å². The molecule has 6 nitrogen and oxygen atoms in total. The zero-order valence-electron chi connectivity index (χ0n) is 14.0. The van der Waals surface area contributed by atoms with Crippen LogP contribution in [0.5, 0.6) is 0 Å². The summed E-state index contributed by atoms with van der Waals surface area (Å²) in [6.45, 7) is 6.43. The maximum Gasteiger partial charge on any atom is 0.243 e. The second kappa shape index (κ2) is 8.42. The Hall–Kier alpha value is -0.960. The Morgan fingerprint density at radius 1 is 1.21 bits per heavy atom. The lowest BCUT2D eigenvalue weighted by molar-refractivity contribution is -0.126. The van der Waals surface area contributed by atoms with Gasteiger partial charge in [0, 0.05) is 37.2 Å². The minimum atomic E-state index is -3.48. The number of hydrogen-bond donors (Lipinski definition) is 1. The van der Waals surface area contributed by atoms with Crippen LogP contribution in [-0.4, -0.2) is 62.3 Å². The van der Waals surface area contributed by atoms with Gasteiger partial charge < -0.3 is 5.32 Å². The third-order valence-electron chi connectivity index (χ3n) is 4.20. The lowest BCUT2D eigenvalue weighted by Gasteiger charge is -2.36. The van der Waals surface area contributed by atoms with E-state index in [9.17, 15) is 13.2 Å². The zero-order valence-corrected chi connectivity index (χ0v) is 16.4. The third-order valence-corrected chi connectivity index (χ3v) is 6.64. The first kappa shape index (κ1) is 19.4. The molecule has 0 radical (unpaired) electrons. The van der Waals surface area contributed by atoms with E-state index in [1.165, 1.54) is 4.31 Å². The van der Waals surface area contributed by atoms with E-state index in [1.807, 2.05) is 18.7 Å². The van der Waals surface area contributed by atoms with Crippen molar-refractivity contribution in [1.29, 1.82) is 0 Å². The predicted molar refractivity (Wildman–Crippen MR) is 97.2 cm³/mol. The minimum Gasteiger partial charge on any atom is -0.355 e. The number of carbonyl (C=O) groups excluding carboxylic acids is 1. The second-order valence-electron chi connectivity index (χ2n) is 5.86. The summed E-state index contributed by atoms with van der Waals surface area (Å²) in [5.74, 6) is 0.000988. The Labute approximate surface area is 152 Å². The number of sulfonamides is 1. The van der Waals surface area contributed by atoms with Crippen LogP contribution >= 0.6 is 15.9 Å². The number of hydrogen-bond acceptors (Lipinski definition) is 4. The second-order valence-corrected chi connectivity index (χ2v) is 8.71. The fourth-order valence-electron chi connectivity index (χ4n) is 2.65. The van der Waals surface area contributed by atoms with Crippen LogP contribution in [0.25, 0.3) is 0 Å². The molecule has 24 heavy (non-hydrogen) atoms. The summed E-state index contributed by atoms with van der Waals surface area (Å²) in [5.41, 5.74) is 0. The molecule has 1 aromatic rings. The molecule has 1 amide bonds. The number of amides is 1. The first-order valence-electron chi connectivity index (χ1n) is 8.13. The van der Waals surface area contributed by atoms with E-state index in [2.05, 4.69) is 21.2 Å². The van der Waals surface area contributed by atoms with Gasteiger partial charge in [-0.05, 0) is 37.6 Å². The van der Waals surface area contributed by atoms with Gasteiger partial charge in [0.2, 0.25) is 15.9 Å². The van der Waals surface area contributed by atoms with Gasteiger partial charge in [-0.2, -0.15) is 4.31 Å². The highest BCUT2D eigenvalue weighted by molar-refractivity contribution is 9.10. The van der Waals surface area contributed by atoms with Gasteiger partial charge >= 0.3 is 0 Å². The highest BCUT2D eigenvalue weighted by atomic mass is 79.9. The first-order valence-corrected chi connectivity index (χ1v) is 10.4. The molecular formula is C16H24BrN3O3S. The molecule has 0 aromatic heterocycles. The van der Waals surface area contributed by atoms with E-state index in [1.54, 1.807) is 24.3 Å². The van der Waals surface area contributed by atoms with Crippen molar-refractivity contribution >= 4 is 31.9 Å². The summed E-state index contributed by atoms with van der Waals surface area (Å²) in [4.78, 5) is 14.4. The SMILES string of the molecule is CCCNC(=O)[C@H](C)N1CCN(S(=O)(=O)c2ccc(Br)cc2)CC1. The summed E-state index contributed by atoms with van der Waals surface area (Å²) in [6.07, 6.45) is 0.900. The summed E-state index contributed by atoms with van der Waals surface area (Å²) >= 11 is 3.31. The molecule has 0 saturated carbocycles. The lowest BCUT2D eigenvalue weighted by atomic mass is 10.2. The van der Waals surface area contributed by atoms with Crippen LogP contribution in [0.2, 0.25) is 0 Å². The predicted octanol–water partition coefficient (Wildman–Crippen LogP) is 1.67. The molecule has 1 atom stereocenters. The van der Waals surface area contributed by atoms with Crippen molar-refractivity contribution in [2.45, 2.75) is 31.2 Å². The van der Waals surface area contributed by atoms with Crippen LogP contribution in [0.4, 0.5) is 0 Å². The molecule has 134 valence electrons. The third kappa shape index (κ3) is 4.56. The lowest BCUT2D eigenvalue weighted by Crippen LogP contribution is -2.54. The Kier molecular flexibility index (Phi) is 6.79. The van der Waals surface area contributed by atoms with E-state index in [-0.39, 0.29) is 11.9 Å². The molecule has 2 rings (SSSR count). The van der Waals surface area contributed by atoms with Crippen LogP contribution < -0.4 is 5.32 Å². The molecule has 0 unspecified atom stereocenters. The monoisotopic (exact) mass is 417 g/mol. The maximum absolute atomic E-state index is 12.7. The molecule has 1 saturated heterocycles. The van der Waals surface area contributed by atoms with E-state index >= 15 is 0 Å². The van der Waals surface area contributed by atoms with Gasteiger partial charge in [-0.3, -0.25) is 9.69 Å². The van der Waals surface area contributed by atoms with Gasteiger partial charge in [-0.1, -0.05) is 22.9 Å². The van der Waals surface area contributed by atoms with Crippen LogP contribution in [0, 0.1) is 0 Å². The minimum absolute atomic E-state index is 0.000988. The van der Waals surface area contributed by atoms with Gasteiger partial charge in [0.05, 0.1) is 10.9 Å². The summed E-state index contributed by atoms with van der Waals surface area (Å²) in [7, 11) is -3.48.